The average molecular weight is 426 g/mol. The first-order valence-corrected chi connectivity index (χ1v) is 10.4. The highest BCUT2D eigenvalue weighted by Crippen LogP contribution is 2.18. The fraction of sp³-hybridized carbons (Fsp3) is 0.350. The highest BCUT2D eigenvalue weighted by atomic mass is 32.2. The number of benzene rings is 2. The number of amides is 1. The number of ether oxygens (including phenoxy) is 1. The maximum Gasteiger partial charge on any atom is 0.255 e. The Morgan fingerprint density at radius 3 is 2.48 bits per heavy atom. The van der Waals surface area contributed by atoms with Crippen LogP contribution in [-0.2, 0) is 21.3 Å². The van der Waals surface area contributed by atoms with E-state index in [2.05, 4.69) is 4.72 Å². The third-order valence-corrected chi connectivity index (χ3v) is 5.67. The molecule has 0 aliphatic carbocycles. The number of methoxy groups -OCH3 is 1. The molecule has 0 saturated carbocycles. The number of nitrogens with one attached hydrogen (secondary N) is 1. The lowest BCUT2D eigenvalue weighted by molar-refractivity contribution is 0.0477. The first-order valence-electron chi connectivity index (χ1n) is 8.95. The Bertz CT molecular complexity index is 921. The lowest BCUT2D eigenvalue weighted by atomic mass is 10.1. The maximum atomic E-state index is 12.9. The molecular formula is C20H24F2N2O4S. The molecule has 1 N–H and O–H groups in total. The second-order valence-electron chi connectivity index (χ2n) is 6.42. The van der Waals surface area contributed by atoms with Crippen molar-refractivity contribution in [2.45, 2.75) is 24.8 Å². The number of hydrogen-bond acceptors (Lipinski definition) is 4. The number of halogens is 2. The number of nitrogens with zero attached hydrogens (tertiary/aromatic N) is 1. The van der Waals surface area contributed by atoms with Gasteiger partial charge in [0, 0.05) is 25.8 Å². The van der Waals surface area contributed by atoms with Gasteiger partial charge < -0.3 is 9.64 Å². The second-order valence-corrected chi connectivity index (χ2v) is 8.19. The molecule has 0 atom stereocenters. The fourth-order valence-corrected chi connectivity index (χ4v) is 3.71. The van der Waals surface area contributed by atoms with Crippen molar-refractivity contribution in [3.63, 3.8) is 0 Å². The topological polar surface area (TPSA) is 75.7 Å². The molecule has 0 saturated heterocycles. The van der Waals surface area contributed by atoms with Crippen molar-refractivity contribution in [1.29, 1.82) is 0 Å². The van der Waals surface area contributed by atoms with E-state index in [9.17, 15) is 22.0 Å². The molecule has 0 fully saturated rings. The van der Waals surface area contributed by atoms with Crippen LogP contribution < -0.4 is 4.72 Å². The predicted molar refractivity (Wildman–Crippen MR) is 105 cm³/mol. The summed E-state index contributed by atoms with van der Waals surface area (Å²) in [4.78, 5) is 13.6. The van der Waals surface area contributed by atoms with Gasteiger partial charge in [-0.25, -0.2) is 21.9 Å². The minimum absolute atomic E-state index is 0.0254. The number of sulfonamides is 1. The van der Waals surface area contributed by atoms with Crippen molar-refractivity contribution in [2.24, 2.45) is 0 Å². The summed E-state index contributed by atoms with van der Waals surface area (Å²) in [6, 6.07) is 13.1. The van der Waals surface area contributed by atoms with Crippen LogP contribution in [0.25, 0.3) is 0 Å². The summed E-state index contributed by atoms with van der Waals surface area (Å²) in [6.07, 6.45) is -2.71. The number of carbonyl (C=O) groups excluding carboxylic acids is 1. The summed E-state index contributed by atoms with van der Waals surface area (Å²) < 4.78 is 58.4. The van der Waals surface area contributed by atoms with Crippen LogP contribution in [-0.4, -0.2) is 52.5 Å². The normalized spacial score (nSPS) is 11.6. The fourth-order valence-electron chi connectivity index (χ4n) is 2.67. The Morgan fingerprint density at radius 1 is 1.17 bits per heavy atom. The van der Waals surface area contributed by atoms with Gasteiger partial charge in [0.2, 0.25) is 10.0 Å². The molecule has 1 amide bonds. The Morgan fingerprint density at radius 2 is 1.86 bits per heavy atom. The van der Waals surface area contributed by atoms with Gasteiger partial charge in [-0.05, 0) is 30.2 Å². The van der Waals surface area contributed by atoms with Crippen LogP contribution in [0.4, 0.5) is 8.78 Å². The Balaban J connectivity index is 2.25. The molecule has 0 radical (unpaired) electrons. The Hall–Kier alpha value is -2.36. The summed E-state index contributed by atoms with van der Waals surface area (Å²) in [5, 5.41) is 0. The van der Waals surface area contributed by atoms with Crippen molar-refractivity contribution >= 4 is 15.9 Å². The van der Waals surface area contributed by atoms with Crippen LogP contribution in [0.1, 0.15) is 21.5 Å². The molecule has 0 spiro atoms. The Labute approximate surface area is 169 Å². The molecule has 9 heteroatoms. The molecule has 6 nitrogen and oxygen atoms in total. The first-order chi connectivity index (χ1) is 13.7. The number of aryl methyl sites for hydroxylation is 1. The molecular weight excluding hydrogens is 402 g/mol. The quantitative estimate of drug-likeness (QED) is 0.634. The summed E-state index contributed by atoms with van der Waals surface area (Å²) in [5.74, 6) is -0.667. The second kappa shape index (κ2) is 10.4. The molecule has 0 heterocycles. The van der Waals surface area contributed by atoms with Crippen LogP contribution in [0, 0.1) is 6.92 Å². The van der Waals surface area contributed by atoms with Gasteiger partial charge in [-0.15, -0.1) is 0 Å². The van der Waals surface area contributed by atoms with E-state index in [4.69, 9.17) is 4.74 Å². The number of hydrogen-bond donors (Lipinski definition) is 1. The molecule has 158 valence electrons. The molecule has 0 aromatic heterocycles. The molecule has 2 aromatic carbocycles. The summed E-state index contributed by atoms with van der Waals surface area (Å²) >= 11 is 0. The van der Waals surface area contributed by atoms with E-state index >= 15 is 0 Å². The van der Waals surface area contributed by atoms with E-state index in [1.807, 2.05) is 6.07 Å². The predicted octanol–water partition coefficient (Wildman–Crippen LogP) is 2.83. The van der Waals surface area contributed by atoms with Gasteiger partial charge in [-0.2, -0.15) is 0 Å². The summed E-state index contributed by atoms with van der Waals surface area (Å²) in [7, 11) is -2.49. The van der Waals surface area contributed by atoms with Crippen molar-refractivity contribution in [2.75, 3.05) is 26.8 Å². The van der Waals surface area contributed by atoms with Crippen molar-refractivity contribution < 1.29 is 26.7 Å². The van der Waals surface area contributed by atoms with Crippen LogP contribution in [0.2, 0.25) is 0 Å². The third-order valence-electron chi connectivity index (χ3n) is 4.27. The zero-order valence-corrected chi connectivity index (χ0v) is 17.1. The van der Waals surface area contributed by atoms with Crippen LogP contribution in [0.3, 0.4) is 0 Å². The Kier molecular flexibility index (Phi) is 8.24. The van der Waals surface area contributed by atoms with Gasteiger partial charge in [0.15, 0.2) is 0 Å². The van der Waals surface area contributed by atoms with Gasteiger partial charge in [-0.1, -0.05) is 36.4 Å². The molecule has 2 rings (SSSR count). The lowest BCUT2D eigenvalue weighted by Crippen LogP contribution is -2.38. The number of rotatable bonds is 10. The van der Waals surface area contributed by atoms with E-state index < -0.39 is 28.9 Å². The van der Waals surface area contributed by atoms with Gasteiger partial charge in [0.1, 0.15) is 0 Å². The first kappa shape index (κ1) is 22.9. The smallest absolute Gasteiger partial charge is 0.255 e. The molecule has 0 unspecified atom stereocenters. The van der Waals surface area contributed by atoms with Gasteiger partial charge in [0.05, 0.1) is 18.0 Å². The van der Waals surface area contributed by atoms with Crippen LogP contribution in [0.5, 0.6) is 0 Å². The number of carbonyl (C=O) groups is 1. The zero-order valence-electron chi connectivity index (χ0n) is 16.3. The van der Waals surface area contributed by atoms with E-state index in [0.717, 1.165) is 10.5 Å². The van der Waals surface area contributed by atoms with E-state index in [1.165, 1.54) is 25.3 Å². The van der Waals surface area contributed by atoms with Gasteiger partial charge >= 0.3 is 0 Å². The SMILES string of the molecule is COCCN(CC(F)F)C(=O)c1cc(S(=O)(=O)NCc2ccccc2)ccc1C. The highest BCUT2D eigenvalue weighted by Gasteiger charge is 2.23. The van der Waals surface area contributed by atoms with Crippen molar-refractivity contribution in [1.82, 2.24) is 9.62 Å². The molecule has 29 heavy (non-hydrogen) atoms. The van der Waals surface area contributed by atoms with Gasteiger partial charge in [0.25, 0.3) is 12.3 Å². The van der Waals surface area contributed by atoms with Crippen LogP contribution >= 0.6 is 0 Å². The lowest BCUT2D eigenvalue weighted by Gasteiger charge is -2.23. The number of alkyl halides is 2. The highest BCUT2D eigenvalue weighted by molar-refractivity contribution is 7.89. The largest absolute Gasteiger partial charge is 0.383 e. The minimum atomic E-state index is -3.89. The molecule has 0 aliphatic rings. The standard InChI is InChI=1S/C20H24F2N2O4S/c1-15-8-9-17(29(26,27)23-13-16-6-4-3-5-7-16)12-18(15)20(25)24(10-11-28-2)14-19(21)22/h3-9,12,19,23H,10-11,13-14H2,1-2H3. The zero-order chi connectivity index (χ0) is 21.4. The minimum Gasteiger partial charge on any atom is -0.383 e. The van der Waals surface area contributed by atoms with Crippen molar-refractivity contribution in [3.8, 4) is 0 Å². The maximum absolute atomic E-state index is 12.9. The van der Waals surface area contributed by atoms with Gasteiger partial charge in [-0.3, -0.25) is 4.79 Å². The third kappa shape index (κ3) is 6.59. The van der Waals surface area contributed by atoms with Crippen molar-refractivity contribution in [3.05, 3.63) is 65.2 Å². The summed E-state index contributed by atoms with van der Waals surface area (Å²) in [6.45, 7) is 1.02. The van der Waals surface area contributed by atoms with E-state index in [-0.39, 0.29) is 30.2 Å². The molecule has 0 bridgehead atoms. The summed E-state index contributed by atoms with van der Waals surface area (Å²) in [5.41, 5.74) is 1.33. The molecule has 2 aromatic rings. The van der Waals surface area contributed by atoms with Crippen LogP contribution in [0.15, 0.2) is 53.4 Å². The van der Waals surface area contributed by atoms with E-state index in [1.54, 1.807) is 31.2 Å². The monoisotopic (exact) mass is 426 g/mol. The average Bonchev–Trinajstić information content (AvgIpc) is 2.70. The van der Waals surface area contributed by atoms with E-state index in [0.29, 0.717) is 5.56 Å². The molecule has 0 aliphatic heterocycles.